The molecule has 0 saturated heterocycles. The van der Waals surface area contributed by atoms with Crippen LogP contribution in [0.1, 0.15) is 33.3 Å². The lowest BCUT2D eigenvalue weighted by Crippen LogP contribution is -2.44. The maximum atomic E-state index is 13.1. The van der Waals surface area contributed by atoms with Gasteiger partial charge in [0.05, 0.1) is 13.2 Å². The standard InChI is InChI=1S/C23H29NO3/c1-6-10-20(17-18-11-8-7-9-12-18)24(22(25)27-23(2,3)4)19-13-15-21(26-5)16-14-19/h6-16,20H,17H2,1-5H3/b10-6+/t20-/m1/s1. The highest BCUT2D eigenvalue weighted by atomic mass is 16.6. The molecular formula is C23H29NO3. The summed E-state index contributed by atoms with van der Waals surface area (Å²) < 4.78 is 10.9. The molecule has 0 aromatic heterocycles. The lowest BCUT2D eigenvalue weighted by molar-refractivity contribution is 0.0571. The maximum absolute atomic E-state index is 13.1. The van der Waals surface area contributed by atoms with Crippen molar-refractivity contribution in [1.82, 2.24) is 0 Å². The van der Waals surface area contributed by atoms with Gasteiger partial charge < -0.3 is 9.47 Å². The molecule has 0 saturated carbocycles. The Bertz CT molecular complexity index is 745. The second-order valence-electron chi connectivity index (χ2n) is 7.33. The van der Waals surface area contributed by atoms with Gasteiger partial charge in [0, 0.05) is 5.69 Å². The molecule has 4 nitrogen and oxygen atoms in total. The van der Waals surface area contributed by atoms with Crippen LogP contribution in [0.5, 0.6) is 5.75 Å². The van der Waals surface area contributed by atoms with Gasteiger partial charge in [0.15, 0.2) is 0 Å². The number of hydrogen-bond acceptors (Lipinski definition) is 3. The van der Waals surface area contributed by atoms with Crippen molar-refractivity contribution >= 4 is 11.8 Å². The van der Waals surface area contributed by atoms with Crippen LogP contribution in [0.2, 0.25) is 0 Å². The molecule has 27 heavy (non-hydrogen) atoms. The Kier molecular flexibility index (Phi) is 7.05. The number of ether oxygens (including phenoxy) is 2. The number of carbonyl (C=O) groups is 1. The monoisotopic (exact) mass is 367 g/mol. The summed E-state index contributed by atoms with van der Waals surface area (Å²) in [5.41, 5.74) is 1.35. The molecule has 0 N–H and O–H groups in total. The van der Waals surface area contributed by atoms with Crippen molar-refractivity contribution in [2.45, 2.75) is 45.8 Å². The Labute approximate surface area is 162 Å². The van der Waals surface area contributed by atoms with Crippen molar-refractivity contribution in [3.05, 3.63) is 72.3 Å². The van der Waals surface area contributed by atoms with Crippen LogP contribution >= 0.6 is 0 Å². The number of nitrogens with zero attached hydrogens (tertiary/aromatic N) is 1. The van der Waals surface area contributed by atoms with Crippen molar-refractivity contribution in [1.29, 1.82) is 0 Å². The van der Waals surface area contributed by atoms with Crippen LogP contribution < -0.4 is 9.64 Å². The second kappa shape index (κ2) is 9.26. The van der Waals surface area contributed by atoms with E-state index in [0.717, 1.165) is 17.0 Å². The predicted molar refractivity (Wildman–Crippen MR) is 110 cm³/mol. The summed E-state index contributed by atoms with van der Waals surface area (Å²) in [5, 5.41) is 0. The van der Waals surface area contributed by atoms with Crippen LogP contribution in [0, 0.1) is 0 Å². The van der Waals surface area contributed by atoms with Crippen molar-refractivity contribution in [3.8, 4) is 5.75 Å². The fourth-order valence-electron chi connectivity index (χ4n) is 2.81. The van der Waals surface area contributed by atoms with Gasteiger partial charge in [-0.15, -0.1) is 0 Å². The van der Waals surface area contributed by atoms with Crippen LogP contribution in [0.3, 0.4) is 0 Å². The summed E-state index contributed by atoms with van der Waals surface area (Å²) in [5.74, 6) is 0.744. The van der Waals surface area contributed by atoms with Crippen molar-refractivity contribution in [2.75, 3.05) is 12.0 Å². The zero-order valence-electron chi connectivity index (χ0n) is 16.8. The highest BCUT2D eigenvalue weighted by Crippen LogP contribution is 2.26. The first kappa shape index (κ1) is 20.6. The molecule has 144 valence electrons. The molecule has 0 heterocycles. The summed E-state index contributed by atoms with van der Waals surface area (Å²) in [6.07, 6.45) is 4.32. The number of benzene rings is 2. The summed E-state index contributed by atoms with van der Waals surface area (Å²) in [7, 11) is 1.62. The van der Waals surface area contributed by atoms with Gasteiger partial charge in [0.25, 0.3) is 0 Å². The first-order chi connectivity index (χ1) is 12.8. The Morgan fingerprint density at radius 1 is 1.07 bits per heavy atom. The van der Waals surface area contributed by atoms with Gasteiger partial charge in [-0.2, -0.15) is 0 Å². The van der Waals surface area contributed by atoms with E-state index in [0.29, 0.717) is 6.42 Å². The van der Waals surface area contributed by atoms with Crippen molar-refractivity contribution in [2.24, 2.45) is 0 Å². The lowest BCUT2D eigenvalue weighted by Gasteiger charge is -2.32. The molecule has 0 unspecified atom stereocenters. The SMILES string of the molecule is C/C=C/[C@H](Cc1ccccc1)N(C(=O)OC(C)(C)C)c1ccc(OC)cc1. The second-order valence-corrected chi connectivity index (χ2v) is 7.33. The van der Waals surface area contributed by atoms with Crippen molar-refractivity contribution < 1.29 is 14.3 Å². The van der Waals surface area contributed by atoms with Gasteiger partial charge in [-0.3, -0.25) is 4.90 Å². The molecule has 0 radical (unpaired) electrons. The fraction of sp³-hybridized carbons (Fsp3) is 0.348. The Morgan fingerprint density at radius 2 is 1.70 bits per heavy atom. The van der Waals surface area contributed by atoms with E-state index in [-0.39, 0.29) is 12.1 Å². The summed E-state index contributed by atoms with van der Waals surface area (Å²) >= 11 is 0. The van der Waals surface area contributed by atoms with Gasteiger partial charge in [0.2, 0.25) is 0 Å². The Morgan fingerprint density at radius 3 is 2.22 bits per heavy atom. The summed E-state index contributed by atoms with van der Waals surface area (Å²) in [6.45, 7) is 7.58. The third-order valence-corrected chi connectivity index (χ3v) is 3.97. The molecule has 0 bridgehead atoms. The molecule has 0 aliphatic carbocycles. The predicted octanol–water partition coefficient (Wildman–Crippen LogP) is 5.62. The van der Waals surface area contributed by atoms with Gasteiger partial charge in [-0.1, -0.05) is 42.5 Å². The lowest BCUT2D eigenvalue weighted by atomic mass is 10.0. The summed E-state index contributed by atoms with van der Waals surface area (Å²) in [6, 6.07) is 17.4. The van der Waals surface area contributed by atoms with Gasteiger partial charge >= 0.3 is 6.09 Å². The highest BCUT2D eigenvalue weighted by Gasteiger charge is 2.28. The van der Waals surface area contributed by atoms with Crippen molar-refractivity contribution in [3.63, 3.8) is 0 Å². The molecule has 1 atom stereocenters. The van der Waals surface area contributed by atoms with Crippen LogP contribution in [0.25, 0.3) is 0 Å². The fourth-order valence-corrected chi connectivity index (χ4v) is 2.81. The molecular weight excluding hydrogens is 338 g/mol. The molecule has 2 aromatic rings. The summed E-state index contributed by atoms with van der Waals surface area (Å²) in [4.78, 5) is 14.8. The molecule has 2 aromatic carbocycles. The first-order valence-corrected chi connectivity index (χ1v) is 9.17. The number of allylic oxidation sites excluding steroid dienone is 1. The molecule has 0 spiro atoms. The topological polar surface area (TPSA) is 38.8 Å². The number of methoxy groups -OCH3 is 1. The van der Waals surface area contributed by atoms with E-state index in [1.807, 2.05) is 82.3 Å². The van der Waals surface area contributed by atoms with Crippen LogP contribution in [-0.4, -0.2) is 24.8 Å². The van der Waals surface area contributed by atoms with E-state index in [4.69, 9.17) is 9.47 Å². The minimum absolute atomic E-state index is 0.166. The number of anilines is 1. The zero-order valence-corrected chi connectivity index (χ0v) is 16.8. The van der Waals surface area contributed by atoms with E-state index in [1.165, 1.54) is 0 Å². The third-order valence-electron chi connectivity index (χ3n) is 3.97. The van der Waals surface area contributed by atoms with E-state index < -0.39 is 5.60 Å². The minimum Gasteiger partial charge on any atom is -0.497 e. The zero-order chi connectivity index (χ0) is 19.9. The Balaban J connectivity index is 2.41. The maximum Gasteiger partial charge on any atom is 0.415 e. The quantitative estimate of drug-likeness (QED) is 0.622. The van der Waals surface area contributed by atoms with Crippen LogP contribution in [0.4, 0.5) is 10.5 Å². The molecule has 4 heteroatoms. The third kappa shape index (κ3) is 6.17. The van der Waals surface area contributed by atoms with E-state index in [9.17, 15) is 4.79 Å². The van der Waals surface area contributed by atoms with Crippen LogP contribution in [0.15, 0.2) is 66.7 Å². The van der Waals surface area contributed by atoms with E-state index >= 15 is 0 Å². The van der Waals surface area contributed by atoms with Gasteiger partial charge in [-0.25, -0.2) is 4.79 Å². The highest BCUT2D eigenvalue weighted by molar-refractivity contribution is 5.89. The molecule has 2 rings (SSSR count). The number of rotatable bonds is 6. The normalized spacial score (nSPS) is 12.6. The average molecular weight is 367 g/mol. The number of carbonyl (C=O) groups excluding carboxylic acids is 1. The molecule has 0 fully saturated rings. The largest absolute Gasteiger partial charge is 0.497 e. The number of hydrogen-bond donors (Lipinski definition) is 0. The van der Waals surface area contributed by atoms with E-state index in [2.05, 4.69) is 12.1 Å². The van der Waals surface area contributed by atoms with E-state index in [1.54, 1.807) is 12.0 Å². The molecule has 0 aliphatic heterocycles. The average Bonchev–Trinajstić information content (AvgIpc) is 2.62. The minimum atomic E-state index is -0.574. The number of amides is 1. The Hall–Kier alpha value is -2.75. The van der Waals surface area contributed by atoms with Gasteiger partial charge in [-0.05, 0) is 63.9 Å². The van der Waals surface area contributed by atoms with Crippen LogP contribution in [-0.2, 0) is 11.2 Å². The smallest absolute Gasteiger partial charge is 0.415 e. The molecule has 0 aliphatic rings. The van der Waals surface area contributed by atoms with Gasteiger partial charge in [0.1, 0.15) is 11.4 Å². The first-order valence-electron chi connectivity index (χ1n) is 9.17. The molecule has 1 amide bonds.